The van der Waals surface area contributed by atoms with Gasteiger partial charge in [0.2, 0.25) is 11.3 Å². The lowest BCUT2D eigenvalue weighted by Gasteiger charge is -2.56. The number of ether oxygens (including phenoxy) is 2. The summed E-state index contributed by atoms with van der Waals surface area (Å²) in [6, 6.07) is 11.0. The van der Waals surface area contributed by atoms with Crippen LogP contribution in [0.2, 0.25) is 5.02 Å². The number of nitrogens with zero attached hydrogens (tertiary/aromatic N) is 1. The lowest BCUT2D eigenvalue weighted by atomic mass is 9.96. The molecule has 1 aromatic heterocycles. The van der Waals surface area contributed by atoms with Crippen LogP contribution in [-0.2, 0) is 28.7 Å². The number of hydrogen-bond acceptors (Lipinski definition) is 10. The molecule has 3 atom stereocenters. The van der Waals surface area contributed by atoms with Gasteiger partial charge in [-0.3, -0.25) is 28.9 Å². The smallest absolute Gasteiger partial charge is 0.352 e. The SMILES string of the molecule is CO[C@@]1(NC(=O)C(NC(=O)c2coc3cc(Cl)ccc3c2=O)c2ccccc2)C(=O)N2C(C(=O)O)=C(COC(C)=O)CS[C@H]21. The molecular weight excluding hydrogens is 618 g/mol. The first-order valence-electron chi connectivity index (χ1n) is 13.0. The number of rotatable bonds is 9. The van der Waals surface area contributed by atoms with Gasteiger partial charge in [0, 0.05) is 36.4 Å². The molecule has 0 radical (unpaired) electrons. The Morgan fingerprint density at radius 2 is 1.91 bits per heavy atom. The van der Waals surface area contributed by atoms with Crippen LogP contribution in [0.15, 0.2) is 75.3 Å². The van der Waals surface area contributed by atoms with Crippen LogP contribution >= 0.6 is 23.4 Å². The number of carbonyl (C=O) groups excluding carboxylic acids is 4. The predicted molar refractivity (Wildman–Crippen MR) is 156 cm³/mol. The minimum atomic E-state index is -1.99. The fraction of sp³-hybridized carbons (Fsp3) is 0.241. The van der Waals surface area contributed by atoms with Crippen molar-refractivity contribution in [2.24, 2.45) is 0 Å². The Morgan fingerprint density at radius 1 is 1.18 bits per heavy atom. The number of benzene rings is 2. The highest BCUT2D eigenvalue weighted by molar-refractivity contribution is 8.00. The lowest BCUT2D eigenvalue weighted by molar-refractivity contribution is -0.193. The van der Waals surface area contributed by atoms with E-state index in [1.807, 2.05) is 0 Å². The van der Waals surface area contributed by atoms with E-state index >= 15 is 0 Å². The Kier molecular flexibility index (Phi) is 8.50. The number of esters is 1. The van der Waals surface area contributed by atoms with E-state index in [9.17, 15) is 33.9 Å². The van der Waals surface area contributed by atoms with Crippen LogP contribution in [0, 0.1) is 0 Å². The van der Waals surface area contributed by atoms with Crippen molar-refractivity contribution in [2.45, 2.75) is 24.1 Å². The second-order valence-corrected chi connectivity index (χ2v) is 11.2. The van der Waals surface area contributed by atoms with Gasteiger partial charge >= 0.3 is 11.9 Å². The number of aliphatic carboxylic acids is 1. The van der Waals surface area contributed by atoms with E-state index in [0.717, 1.165) is 22.9 Å². The third-order valence-electron chi connectivity index (χ3n) is 7.04. The molecule has 0 spiro atoms. The van der Waals surface area contributed by atoms with Crippen LogP contribution in [0.4, 0.5) is 0 Å². The molecule has 1 saturated heterocycles. The van der Waals surface area contributed by atoms with Crippen LogP contribution in [-0.4, -0.2) is 70.2 Å². The molecule has 44 heavy (non-hydrogen) atoms. The molecule has 0 aliphatic carbocycles. The molecule has 15 heteroatoms. The average Bonchev–Trinajstić information content (AvgIpc) is 3.00. The largest absolute Gasteiger partial charge is 0.477 e. The Labute approximate surface area is 258 Å². The number of carboxylic acid groups (broad SMARTS) is 1. The van der Waals surface area contributed by atoms with Crippen molar-refractivity contribution in [3.63, 3.8) is 0 Å². The Balaban J connectivity index is 1.44. The minimum absolute atomic E-state index is 0.0616. The van der Waals surface area contributed by atoms with E-state index in [1.54, 1.807) is 30.3 Å². The van der Waals surface area contributed by atoms with Crippen molar-refractivity contribution < 1.29 is 43.0 Å². The molecule has 1 fully saturated rings. The zero-order chi connectivity index (χ0) is 31.8. The molecule has 2 aliphatic heterocycles. The molecule has 13 nitrogen and oxygen atoms in total. The van der Waals surface area contributed by atoms with Crippen LogP contribution < -0.4 is 16.1 Å². The van der Waals surface area contributed by atoms with Gasteiger partial charge in [-0.2, -0.15) is 0 Å². The monoisotopic (exact) mass is 641 g/mol. The number of halogens is 1. The highest BCUT2D eigenvalue weighted by Crippen LogP contribution is 2.46. The quantitative estimate of drug-likeness (QED) is 0.177. The van der Waals surface area contributed by atoms with Crippen molar-refractivity contribution in [1.29, 1.82) is 0 Å². The van der Waals surface area contributed by atoms with Crippen LogP contribution in [0.5, 0.6) is 0 Å². The highest BCUT2D eigenvalue weighted by Gasteiger charge is 2.67. The molecule has 5 rings (SSSR count). The first-order chi connectivity index (χ1) is 21.0. The van der Waals surface area contributed by atoms with E-state index in [1.165, 1.54) is 32.2 Å². The number of carboxylic acids is 1. The van der Waals surface area contributed by atoms with Crippen molar-refractivity contribution in [1.82, 2.24) is 15.5 Å². The van der Waals surface area contributed by atoms with Gasteiger partial charge < -0.3 is 29.6 Å². The van der Waals surface area contributed by atoms with E-state index in [-0.39, 0.29) is 40.2 Å². The maximum Gasteiger partial charge on any atom is 0.352 e. The lowest BCUT2D eigenvalue weighted by Crippen LogP contribution is -2.81. The molecule has 3 heterocycles. The van der Waals surface area contributed by atoms with Gasteiger partial charge in [0.15, 0.2) is 0 Å². The number of thioether (sulfide) groups is 1. The van der Waals surface area contributed by atoms with E-state index in [4.69, 9.17) is 25.5 Å². The van der Waals surface area contributed by atoms with E-state index < -0.39 is 52.2 Å². The molecule has 3 amide bonds. The molecule has 2 aliphatic rings. The molecule has 3 aromatic rings. The third kappa shape index (κ3) is 5.42. The number of β-lactam (4-membered cyclic amide) rings is 1. The Bertz CT molecular complexity index is 1790. The Morgan fingerprint density at radius 3 is 2.57 bits per heavy atom. The zero-order valence-corrected chi connectivity index (χ0v) is 24.7. The van der Waals surface area contributed by atoms with Gasteiger partial charge in [-0.15, -0.1) is 11.8 Å². The first kappa shape index (κ1) is 30.8. The topological polar surface area (TPSA) is 182 Å². The molecule has 0 saturated carbocycles. The summed E-state index contributed by atoms with van der Waals surface area (Å²) < 4.78 is 15.9. The summed E-state index contributed by atoms with van der Waals surface area (Å²) in [5.74, 6) is -4.66. The molecular formula is C29H24ClN3O10S. The normalized spacial score (nSPS) is 19.9. The maximum absolute atomic E-state index is 13.8. The fourth-order valence-corrected chi connectivity index (χ4v) is 6.49. The van der Waals surface area contributed by atoms with Crippen LogP contribution in [0.25, 0.3) is 11.0 Å². The summed E-state index contributed by atoms with van der Waals surface area (Å²) in [5, 5.41) is 14.4. The van der Waals surface area contributed by atoms with Gasteiger partial charge in [-0.05, 0) is 17.7 Å². The standard InChI is InChI=1S/C29H24ClN3O10S/c1-14(34)42-11-16-13-44-28-29(41-2,27(40)33(28)22(16)26(38)39)32-25(37)21(15-6-4-3-5-7-15)31-24(36)19-12-43-20-10-17(30)8-9-18(20)23(19)35/h3-10,12,21,28H,11,13H2,1-2H3,(H,31,36)(H,32,37)(H,38,39)/t21?,28-,29-/m0/s1. The Hall–Kier alpha value is -4.66. The summed E-state index contributed by atoms with van der Waals surface area (Å²) in [7, 11) is 1.18. The summed E-state index contributed by atoms with van der Waals surface area (Å²) in [4.78, 5) is 78.1. The highest BCUT2D eigenvalue weighted by atomic mass is 35.5. The third-order valence-corrected chi connectivity index (χ3v) is 8.65. The number of hydrogen-bond donors (Lipinski definition) is 3. The van der Waals surface area contributed by atoms with Crippen LogP contribution in [0.1, 0.15) is 28.9 Å². The number of amides is 3. The summed E-state index contributed by atoms with van der Waals surface area (Å²) in [6.45, 7) is 0.843. The number of carbonyl (C=O) groups is 5. The number of fused-ring (bicyclic) bond motifs is 2. The molecule has 228 valence electrons. The zero-order valence-electron chi connectivity index (χ0n) is 23.1. The summed E-state index contributed by atoms with van der Waals surface area (Å²) in [6.07, 6.45) is 0.964. The molecule has 2 aromatic carbocycles. The molecule has 1 unspecified atom stereocenters. The van der Waals surface area contributed by atoms with Crippen LogP contribution in [0.3, 0.4) is 0 Å². The number of nitrogens with one attached hydrogen (secondary N) is 2. The molecule has 3 N–H and O–H groups in total. The van der Waals surface area contributed by atoms with Gasteiger partial charge in [-0.25, -0.2) is 4.79 Å². The summed E-state index contributed by atoms with van der Waals surface area (Å²) in [5.41, 5.74) is -2.71. The minimum Gasteiger partial charge on any atom is -0.477 e. The second kappa shape index (κ2) is 12.1. The van der Waals surface area contributed by atoms with Gasteiger partial charge in [0.05, 0.1) is 5.39 Å². The van der Waals surface area contributed by atoms with Crippen molar-refractivity contribution in [3.05, 3.63) is 92.4 Å². The first-order valence-corrected chi connectivity index (χ1v) is 14.4. The van der Waals surface area contributed by atoms with Crippen molar-refractivity contribution in [2.75, 3.05) is 19.5 Å². The van der Waals surface area contributed by atoms with Crippen molar-refractivity contribution in [3.8, 4) is 0 Å². The van der Waals surface area contributed by atoms with Gasteiger partial charge in [0.1, 0.15) is 41.1 Å². The summed E-state index contributed by atoms with van der Waals surface area (Å²) >= 11 is 7.06. The number of methoxy groups -OCH3 is 1. The predicted octanol–water partition coefficient (Wildman–Crippen LogP) is 2.19. The van der Waals surface area contributed by atoms with E-state index in [0.29, 0.717) is 10.6 Å². The molecule has 0 bridgehead atoms. The maximum atomic E-state index is 13.8. The average molecular weight is 642 g/mol. The second-order valence-electron chi connectivity index (χ2n) is 9.74. The van der Waals surface area contributed by atoms with E-state index in [2.05, 4.69) is 10.6 Å². The van der Waals surface area contributed by atoms with Crippen molar-refractivity contribution >= 4 is 64.0 Å². The fourth-order valence-electron chi connectivity index (χ4n) is 4.91. The van der Waals surface area contributed by atoms with Gasteiger partial charge in [-0.1, -0.05) is 41.9 Å². The van der Waals surface area contributed by atoms with Gasteiger partial charge in [0.25, 0.3) is 17.5 Å².